The molecule has 0 amide bonds. The minimum absolute atomic E-state index is 0.0344. The smallest absolute Gasteiger partial charge is 0.142 e. The molecule has 1 aliphatic rings. The third-order valence-corrected chi connectivity index (χ3v) is 3.53. The second-order valence-corrected chi connectivity index (χ2v) is 4.51. The molecule has 4 heteroatoms. The van der Waals surface area contributed by atoms with Gasteiger partial charge in [0.15, 0.2) is 0 Å². The van der Waals surface area contributed by atoms with Crippen LogP contribution in [0.4, 0.5) is 0 Å². The molecule has 1 aromatic heterocycles. The molecular formula is C12H20N2O2. The van der Waals surface area contributed by atoms with Crippen LogP contribution in [0.25, 0.3) is 0 Å². The molecule has 1 aliphatic heterocycles. The van der Waals surface area contributed by atoms with Crippen molar-refractivity contribution in [2.45, 2.75) is 32.8 Å². The van der Waals surface area contributed by atoms with E-state index in [0.717, 1.165) is 24.3 Å². The van der Waals surface area contributed by atoms with Gasteiger partial charge in [-0.3, -0.25) is 0 Å². The molecular weight excluding hydrogens is 204 g/mol. The average molecular weight is 224 g/mol. The normalized spacial score (nSPS) is 19.1. The van der Waals surface area contributed by atoms with E-state index in [-0.39, 0.29) is 6.61 Å². The van der Waals surface area contributed by atoms with Gasteiger partial charge in [-0.15, -0.1) is 0 Å². The number of hydrogen-bond donors (Lipinski definition) is 1. The Balaban J connectivity index is 1.87. The van der Waals surface area contributed by atoms with Gasteiger partial charge in [-0.05, 0) is 38.4 Å². The fourth-order valence-corrected chi connectivity index (χ4v) is 2.35. The summed E-state index contributed by atoms with van der Waals surface area (Å²) in [7, 11) is 0. The summed E-state index contributed by atoms with van der Waals surface area (Å²) < 4.78 is 5.19. The van der Waals surface area contributed by atoms with Gasteiger partial charge in [0, 0.05) is 12.0 Å². The Bertz CT molecular complexity index is 317. The molecule has 90 valence electrons. The van der Waals surface area contributed by atoms with Gasteiger partial charge in [0.25, 0.3) is 0 Å². The lowest BCUT2D eigenvalue weighted by atomic mass is 9.91. The third kappa shape index (κ3) is 2.62. The van der Waals surface area contributed by atoms with Crippen LogP contribution in [0.3, 0.4) is 0 Å². The molecule has 16 heavy (non-hydrogen) atoms. The molecule has 1 saturated heterocycles. The lowest BCUT2D eigenvalue weighted by Crippen LogP contribution is -2.34. The van der Waals surface area contributed by atoms with E-state index in [1.165, 1.54) is 25.9 Å². The zero-order valence-electron chi connectivity index (χ0n) is 9.85. The van der Waals surface area contributed by atoms with Crippen LogP contribution < -0.4 is 0 Å². The molecule has 2 heterocycles. The van der Waals surface area contributed by atoms with E-state index in [9.17, 15) is 0 Å². The van der Waals surface area contributed by atoms with E-state index in [1.807, 2.05) is 0 Å². The second kappa shape index (κ2) is 5.46. The lowest BCUT2D eigenvalue weighted by Gasteiger charge is -2.30. The molecule has 1 aromatic rings. The molecule has 0 spiro atoms. The summed E-state index contributed by atoms with van der Waals surface area (Å²) in [6.07, 6.45) is 4.99. The first-order valence-corrected chi connectivity index (χ1v) is 6.09. The zero-order chi connectivity index (χ0) is 11.4. The van der Waals surface area contributed by atoms with Crippen molar-refractivity contribution in [2.24, 2.45) is 5.92 Å². The highest BCUT2D eigenvalue weighted by atomic mass is 16.5. The summed E-state index contributed by atoms with van der Waals surface area (Å²) in [6.45, 7) is 5.76. The molecule has 0 atom stereocenters. The number of aromatic nitrogens is 1. The fourth-order valence-electron chi connectivity index (χ4n) is 2.35. The van der Waals surface area contributed by atoms with Crippen LogP contribution in [0.5, 0.6) is 0 Å². The van der Waals surface area contributed by atoms with Crippen molar-refractivity contribution in [3.05, 3.63) is 17.5 Å². The quantitative estimate of drug-likeness (QED) is 0.840. The largest absolute Gasteiger partial charge is 0.391 e. The van der Waals surface area contributed by atoms with Crippen molar-refractivity contribution in [1.29, 1.82) is 0 Å². The fraction of sp³-hybridized carbons (Fsp3) is 0.750. The van der Waals surface area contributed by atoms with Crippen LogP contribution in [-0.4, -0.2) is 34.8 Å². The molecule has 1 N–H and O–H groups in total. The highest BCUT2D eigenvalue weighted by Gasteiger charge is 2.20. The van der Waals surface area contributed by atoms with E-state index in [1.54, 1.807) is 6.20 Å². The van der Waals surface area contributed by atoms with Crippen molar-refractivity contribution < 1.29 is 9.63 Å². The minimum atomic E-state index is 0.0344. The number of hydrogen-bond acceptors (Lipinski definition) is 4. The Morgan fingerprint density at radius 1 is 1.50 bits per heavy atom. The number of aliphatic hydroxyl groups excluding tert-OH is 1. The van der Waals surface area contributed by atoms with E-state index in [4.69, 9.17) is 9.63 Å². The highest BCUT2D eigenvalue weighted by Crippen LogP contribution is 2.23. The maximum absolute atomic E-state index is 9.11. The van der Waals surface area contributed by atoms with Gasteiger partial charge in [0.1, 0.15) is 5.76 Å². The van der Waals surface area contributed by atoms with Gasteiger partial charge in [-0.25, -0.2) is 0 Å². The Morgan fingerprint density at radius 2 is 2.25 bits per heavy atom. The topological polar surface area (TPSA) is 49.5 Å². The van der Waals surface area contributed by atoms with Crippen molar-refractivity contribution in [3.8, 4) is 0 Å². The first-order chi connectivity index (χ1) is 7.83. The summed E-state index contributed by atoms with van der Waals surface area (Å²) in [5.41, 5.74) is 0.845. The molecule has 0 aromatic carbocycles. The Hall–Kier alpha value is -0.870. The van der Waals surface area contributed by atoms with E-state index >= 15 is 0 Å². The number of likely N-dealkylation sites (tertiary alicyclic amines) is 1. The van der Waals surface area contributed by atoms with Crippen molar-refractivity contribution in [2.75, 3.05) is 19.6 Å². The zero-order valence-corrected chi connectivity index (χ0v) is 9.85. The Labute approximate surface area is 96.2 Å². The lowest BCUT2D eigenvalue weighted by molar-refractivity contribution is 0.184. The predicted molar refractivity (Wildman–Crippen MR) is 61.0 cm³/mol. The van der Waals surface area contributed by atoms with Crippen LogP contribution in [0.15, 0.2) is 10.7 Å². The van der Waals surface area contributed by atoms with Crippen molar-refractivity contribution in [3.63, 3.8) is 0 Å². The van der Waals surface area contributed by atoms with E-state index in [0.29, 0.717) is 5.92 Å². The third-order valence-electron chi connectivity index (χ3n) is 3.53. The summed E-state index contributed by atoms with van der Waals surface area (Å²) in [5, 5.41) is 12.9. The van der Waals surface area contributed by atoms with Crippen molar-refractivity contribution in [1.82, 2.24) is 10.1 Å². The standard InChI is InChI=1S/C12H20N2O2/c1-2-14-5-3-10(4-6-14)7-12-11(9-15)8-13-16-12/h8,10,15H,2-7,9H2,1H3. The van der Waals surface area contributed by atoms with Gasteiger partial charge >= 0.3 is 0 Å². The first kappa shape index (κ1) is 11.6. The minimum Gasteiger partial charge on any atom is -0.391 e. The van der Waals surface area contributed by atoms with E-state index in [2.05, 4.69) is 17.0 Å². The second-order valence-electron chi connectivity index (χ2n) is 4.51. The van der Waals surface area contributed by atoms with Crippen LogP contribution >= 0.6 is 0 Å². The van der Waals surface area contributed by atoms with Gasteiger partial charge in [-0.2, -0.15) is 0 Å². The summed E-state index contributed by atoms with van der Waals surface area (Å²) in [6, 6.07) is 0. The number of aliphatic hydroxyl groups is 1. The van der Waals surface area contributed by atoms with Gasteiger partial charge in [-0.1, -0.05) is 12.1 Å². The Kier molecular flexibility index (Phi) is 3.96. The van der Waals surface area contributed by atoms with Crippen molar-refractivity contribution >= 4 is 0 Å². The predicted octanol–water partition coefficient (Wildman–Crippen LogP) is 1.44. The van der Waals surface area contributed by atoms with Gasteiger partial charge in [0.2, 0.25) is 0 Å². The average Bonchev–Trinajstić information content (AvgIpc) is 2.77. The SMILES string of the molecule is CCN1CCC(Cc2oncc2CO)CC1. The molecule has 0 aliphatic carbocycles. The molecule has 0 saturated carbocycles. The van der Waals surface area contributed by atoms with Gasteiger partial charge < -0.3 is 14.5 Å². The van der Waals surface area contributed by atoms with Crippen LogP contribution in [0.2, 0.25) is 0 Å². The number of rotatable bonds is 4. The summed E-state index contributed by atoms with van der Waals surface area (Å²) in [4.78, 5) is 2.48. The Morgan fingerprint density at radius 3 is 2.88 bits per heavy atom. The van der Waals surface area contributed by atoms with Crippen LogP contribution in [0.1, 0.15) is 31.1 Å². The highest BCUT2D eigenvalue weighted by molar-refractivity contribution is 5.12. The summed E-state index contributed by atoms with van der Waals surface area (Å²) in [5.74, 6) is 1.55. The monoisotopic (exact) mass is 224 g/mol. The molecule has 1 fully saturated rings. The van der Waals surface area contributed by atoms with E-state index < -0.39 is 0 Å². The molecule has 0 radical (unpaired) electrons. The molecule has 2 rings (SSSR count). The molecule has 0 unspecified atom stereocenters. The summed E-state index contributed by atoms with van der Waals surface area (Å²) >= 11 is 0. The maximum atomic E-state index is 9.11. The molecule has 0 bridgehead atoms. The first-order valence-electron chi connectivity index (χ1n) is 6.09. The van der Waals surface area contributed by atoms with Crippen LogP contribution in [-0.2, 0) is 13.0 Å². The van der Waals surface area contributed by atoms with Gasteiger partial charge in [0.05, 0.1) is 12.8 Å². The van der Waals surface area contributed by atoms with Crippen LogP contribution in [0, 0.1) is 5.92 Å². The number of piperidine rings is 1. The molecule has 4 nitrogen and oxygen atoms in total. The maximum Gasteiger partial charge on any atom is 0.142 e. The number of nitrogens with zero attached hydrogens (tertiary/aromatic N) is 2.